The number of nitrogen functional groups attached to an aromatic ring is 1. The van der Waals surface area contributed by atoms with Gasteiger partial charge in [0.15, 0.2) is 22.3 Å². The Kier molecular flexibility index (Phi) is 9.42. The van der Waals surface area contributed by atoms with Crippen LogP contribution in [-0.4, -0.2) is 113 Å². The summed E-state index contributed by atoms with van der Waals surface area (Å²) in [6.45, 7) is 1.67. The highest BCUT2D eigenvalue weighted by molar-refractivity contribution is 8.01. The van der Waals surface area contributed by atoms with Crippen LogP contribution in [0.4, 0.5) is 5.13 Å². The number of rotatable bonds is 12. The molecule has 4 aromatic rings. The Balaban J connectivity index is 1.21. The fourth-order valence-electron chi connectivity index (χ4n) is 4.97. The molecular weight excluding hydrogens is 735 g/mol. The van der Waals surface area contributed by atoms with E-state index in [-0.39, 0.29) is 39.4 Å². The van der Waals surface area contributed by atoms with Crippen LogP contribution in [0.3, 0.4) is 0 Å². The van der Waals surface area contributed by atoms with Crippen LogP contribution in [0, 0.1) is 6.92 Å². The van der Waals surface area contributed by atoms with Crippen LogP contribution in [0.25, 0.3) is 5.78 Å². The zero-order valence-electron chi connectivity index (χ0n) is 25.7. The number of hydrogen-bond donors (Lipinski definition) is 7. The lowest BCUT2D eigenvalue weighted by molar-refractivity contribution is -0.151. The monoisotopic (exact) mass is 757 g/mol. The molecule has 2 aliphatic heterocycles. The summed E-state index contributed by atoms with van der Waals surface area (Å²) in [5, 5.41) is 59.7. The molecule has 264 valence electrons. The van der Waals surface area contributed by atoms with E-state index in [0.29, 0.717) is 16.3 Å². The van der Waals surface area contributed by atoms with E-state index in [1.165, 1.54) is 21.7 Å². The van der Waals surface area contributed by atoms with E-state index in [1.807, 2.05) is 0 Å². The van der Waals surface area contributed by atoms with Crippen LogP contribution in [0.15, 0.2) is 51.1 Å². The number of carboxylic acid groups (broad SMARTS) is 3. The van der Waals surface area contributed by atoms with Gasteiger partial charge in [0, 0.05) is 28.1 Å². The normalized spacial score (nSPS) is 17.9. The van der Waals surface area contributed by atoms with Crippen molar-refractivity contribution in [3.05, 3.63) is 63.7 Å². The Morgan fingerprint density at radius 2 is 1.88 bits per heavy atom. The molecule has 8 N–H and O–H groups in total. The fourth-order valence-corrected chi connectivity index (χ4v) is 8.05. The molecule has 0 aliphatic carbocycles. The summed E-state index contributed by atoms with van der Waals surface area (Å²) in [5.41, 5.74) is 5.56. The number of aliphatic carboxylic acids is 2. The van der Waals surface area contributed by atoms with Crippen molar-refractivity contribution in [1.29, 1.82) is 0 Å². The number of hydrogen-bond acceptors (Lipinski definition) is 17. The number of fused-ring (bicyclic) bond motifs is 2. The molecule has 5 heterocycles. The Morgan fingerprint density at radius 3 is 2.53 bits per heavy atom. The number of nitrogens with one attached hydrogen (secondary N) is 1. The van der Waals surface area contributed by atoms with E-state index in [1.54, 1.807) is 13.0 Å². The quantitative estimate of drug-likeness (QED) is 0.0261. The number of carboxylic acids is 3. The highest BCUT2D eigenvalue weighted by Gasteiger charge is 2.54. The summed E-state index contributed by atoms with van der Waals surface area (Å²) in [5.74, 6) is -7.37. The van der Waals surface area contributed by atoms with Crippen LogP contribution in [-0.2, 0) is 24.0 Å². The van der Waals surface area contributed by atoms with E-state index in [0.717, 1.165) is 46.2 Å². The lowest BCUT2D eigenvalue weighted by Crippen LogP contribution is -2.71. The number of phenolic OH excluding ortho intramolecular Hbond substituents is 2. The topological polar surface area (TPSA) is 305 Å². The summed E-state index contributed by atoms with van der Waals surface area (Å²) < 4.78 is 1.23. The number of thiazole rings is 1. The molecule has 23 heteroatoms. The maximum Gasteiger partial charge on any atom is 0.375 e. The van der Waals surface area contributed by atoms with Gasteiger partial charge in [0.05, 0.1) is 0 Å². The fraction of sp³-hybridized carbons (Fsp3) is 0.214. The molecule has 1 aromatic carbocycles. The van der Waals surface area contributed by atoms with Gasteiger partial charge in [0.1, 0.15) is 27.8 Å². The molecule has 0 spiro atoms. The predicted molar refractivity (Wildman–Crippen MR) is 177 cm³/mol. The van der Waals surface area contributed by atoms with Gasteiger partial charge in [-0.3, -0.25) is 14.5 Å². The summed E-state index contributed by atoms with van der Waals surface area (Å²) >= 11 is 3.27. The minimum atomic E-state index is -1.85. The SMILES string of the molecule is Cc1cc(SCC2=C(C(=O)O)N3C(=O)[C@@H](NC(=O)/C(=N\O[C@@H](C(=O)O)c4ccc(O)c(O)c4)c4csc(N)n4)[C@H]3SC2)n2nc(C(=O)O)nc2n1. The molecule has 1 saturated heterocycles. The standard InChI is InChI=1S/C28H23N9O11S3/c1-9-4-15(37-28(30-9)33-20(34-37)26(46)47)49-6-11-7-50-23-17(22(41)36(23)18(11)24(42)43)32-21(40)16(12-8-51-27(29)31-12)35-48-19(25(44)45)10-2-3-13(38)14(39)5-10/h2-5,8,17,19,23,38-39H,6-7H2,1H3,(H2,29,31)(H,32,40)(H,42,43)(H,44,45)(H,46,47)/b35-16-/t17-,19-,23-/m1/s1. The summed E-state index contributed by atoms with van der Waals surface area (Å²) in [6.07, 6.45) is -1.85. The van der Waals surface area contributed by atoms with Crippen molar-refractivity contribution in [2.75, 3.05) is 17.2 Å². The number of aromatic hydroxyl groups is 2. The number of aromatic nitrogens is 5. The van der Waals surface area contributed by atoms with Crippen molar-refractivity contribution < 1.29 is 54.3 Å². The van der Waals surface area contributed by atoms with E-state index in [2.05, 4.69) is 30.5 Å². The summed E-state index contributed by atoms with van der Waals surface area (Å²) in [6, 6.07) is 3.55. The molecule has 0 unspecified atom stereocenters. The lowest BCUT2D eigenvalue weighted by atomic mass is 10.0. The number of carbonyl (C=O) groups excluding carboxylic acids is 2. The Hall–Kier alpha value is -5.94. The third-order valence-corrected chi connectivity index (χ3v) is 10.4. The van der Waals surface area contributed by atoms with Crippen molar-refractivity contribution in [2.24, 2.45) is 5.16 Å². The van der Waals surface area contributed by atoms with Gasteiger partial charge in [-0.2, -0.15) is 9.50 Å². The van der Waals surface area contributed by atoms with E-state index in [4.69, 9.17) is 10.6 Å². The summed E-state index contributed by atoms with van der Waals surface area (Å²) in [4.78, 5) is 81.1. The van der Waals surface area contributed by atoms with Crippen LogP contribution in [0.1, 0.15) is 33.7 Å². The molecule has 51 heavy (non-hydrogen) atoms. The van der Waals surface area contributed by atoms with E-state index >= 15 is 0 Å². The second-order valence-corrected chi connectivity index (χ2v) is 13.7. The molecule has 6 rings (SSSR count). The number of aromatic carboxylic acids is 1. The third-order valence-electron chi connectivity index (χ3n) is 7.29. The van der Waals surface area contributed by atoms with Gasteiger partial charge in [-0.1, -0.05) is 11.2 Å². The molecule has 2 amide bonds. The molecule has 3 atom stereocenters. The van der Waals surface area contributed by atoms with E-state index in [9.17, 15) is 49.5 Å². The minimum Gasteiger partial charge on any atom is -0.504 e. The molecule has 20 nitrogen and oxygen atoms in total. The van der Waals surface area contributed by atoms with E-state index < -0.39 is 70.3 Å². The second kappa shape index (κ2) is 13.8. The van der Waals surface area contributed by atoms with Crippen LogP contribution >= 0.6 is 34.9 Å². The van der Waals surface area contributed by atoms with Crippen molar-refractivity contribution in [2.45, 2.75) is 29.5 Å². The second-order valence-electron chi connectivity index (χ2n) is 10.7. The Bertz CT molecular complexity index is 2200. The van der Waals surface area contributed by atoms with Gasteiger partial charge in [-0.05, 0) is 30.7 Å². The number of benzene rings is 1. The average Bonchev–Trinajstić information content (AvgIpc) is 3.71. The highest BCUT2D eigenvalue weighted by atomic mass is 32.2. The van der Waals surface area contributed by atoms with Crippen LogP contribution < -0.4 is 11.1 Å². The number of carbonyl (C=O) groups is 5. The molecule has 1 fully saturated rings. The van der Waals surface area contributed by atoms with Crippen molar-refractivity contribution >= 4 is 81.2 Å². The first kappa shape index (κ1) is 34.9. The maximum absolute atomic E-state index is 13.5. The van der Waals surface area contributed by atoms with Gasteiger partial charge >= 0.3 is 17.9 Å². The number of nitrogens with two attached hydrogens (primary N) is 1. The van der Waals surface area contributed by atoms with Gasteiger partial charge in [0.25, 0.3) is 23.4 Å². The third kappa shape index (κ3) is 6.80. The molecule has 3 aromatic heterocycles. The van der Waals surface area contributed by atoms with Gasteiger partial charge in [-0.25, -0.2) is 24.4 Å². The first-order valence-corrected chi connectivity index (χ1v) is 17.2. The average molecular weight is 758 g/mol. The minimum absolute atomic E-state index is 0.0351. The maximum atomic E-state index is 13.5. The van der Waals surface area contributed by atoms with Gasteiger partial charge < -0.3 is 41.4 Å². The molecule has 0 saturated carbocycles. The molecule has 2 aliphatic rings. The van der Waals surface area contributed by atoms with Crippen molar-refractivity contribution in [3.8, 4) is 11.5 Å². The smallest absolute Gasteiger partial charge is 0.375 e. The number of amides is 2. The first-order valence-electron chi connectivity index (χ1n) is 14.2. The summed E-state index contributed by atoms with van der Waals surface area (Å²) in [7, 11) is 0. The Labute approximate surface area is 296 Å². The number of β-lactam (4-membered cyclic amide) rings is 1. The van der Waals surface area contributed by atoms with Crippen molar-refractivity contribution in [1.82, 2.24) is 34.8 Å². The predicted octanol–water partition coefficient (Wildman–Crippen LogP) is 0.658. The number of oxime groups is 1. The molecule has 0 bridgehead atoms. The van der Waals surface area contributed by atoms with Crippen LogP contribution in [0.2, 0.25) is 0 Å². The van der Waals surface area contributed by atoms with Crippen molar-refractivity contribution in [3.63, 3.8) is 0 Å². The Morgan fingerprint density at radius 1 is 1.12 bits per heavy atom. The van der Waals surface area contributed by atoms with Crippen LogP contribution in [0.5, 0.6) is 11.5 Å². The van der Waals surface area contributed by atoms with Gasteiger partial charge in [0.2, 0.25) is 6.10 Å². The molecule has 0 radical (unpaired) electrons. The number of thioether (sulfide) groups is 2. The number of anilines is 1. The lowest BCUT2D eigenvalue weighted by Gasteiger charge is -2.49. The molecular formula is C28H23N9O11S3. The highest BCUT2D eigenvalue weighted by Crippen LogP contribution is 2.42. The number of nitrogens with zero attached hydrogens (tertiary/aromatic N) is 7. The van der Waals surface area contributed by atoms with Gasteiger partial charge in [-0.15, -0.1) is 40.0 Å². The largest absolute Gasteiger partial charge is 0.504 e. The number of aryl methyl sites for hydroxylation is 1. The zero-order valence-corrected chi connectivity index (χ0v) is 28.1. The first-order chi connectivity index (χ1) is 24.2. The number of phenols is 2. The zero-order chi connectivity index (χ0) is 36.7.